The van der Waals surface area contributed by atoms with E-state index in [0.29, 0.717) is 36.1 Å². The highest BCUT2D eigenvalue weighted by atomic mass is 16.2. The molecule has 0 saturated carbocycles. The maximum Gasteiger partial charge on any atom is 0.257 e. The molecule has 2 amide bonds. The number of aromatic nitrogens is 3. The van der Waals surface area contributed by atoms with Gasteiger partial charge in [0.15, 0.2) is 5.82 Å². The minimum absolute atomic E-state index is 0.0367. The second kappa shape index (κ2) is 7.06. The molecular weight excluding hydrogens is 342 g/mol. The first-order valence-electron chi connectivity index (χ1n) is 9.33. The van der Waals surface area contributed by atoms with Gasteiger partial charge < -0.3 is 9.80 Å². The minimum atomic E-state index is -0.0367. The number of pyridine rings is 1. The van der Waals surface area contributed by atoms with Crippen molar-refractivity contribution in [2.45, 2.75) is 32.7 Å². The smallest absolute Gasteiger partial charge is 0.257 e. The lowest BCUT2D eigenvalue weighted by Crippen LogP contribution is -2.47. The van der Waals surface area contributed by atoms with E-state index in [1.165, 1.54) is 0 Å². The third-order valence-electron chi connectivity index (χ3n) is 5.55. The Morgan fingerprint density at radius 1 is 1.15 bits per heavy atom. The molecular formula is C20H23N5O2. The zero-order valence-corrected chi connectivity index (χ0v) is 15.6. The van der Waals surface area contributed by atoms with Crippen molar-refractivity contribution in [1.29, 1.82) is 0 Å². The molecule has 3 saturated heterocycles. The molecule has 0 spiro atoms. The zero-order chi connectivity index (χ0) is 19.0. The van der Waals surface area contributed by atoms with E-state index in [4.69, 9.17) is 0 Å². The van der Waals surface area contributed by atoms with E-state index in [9.17, 15) is 9.59 Å². The molecule has 140 valence electrons. The van der Waals surface area contributed by atoms with E-state index in [1.807, 2.05) is 28.9 Å². The van der Waals surface area contributed by atoms with Gasteiger partial charge in [-0.1, -0.05) is 0 Å². The van der Waals surface area contributed by atoms with Crippen molar-refractivity contribution in [3.05, 3.63) is 42.0 Å². The van der Waals surface area contributed by atoms with Crippen LogP contribution in [0.4, 0.5) is 0 Å². The number of rotatable bonds is 2. The van der Waals surface area contributed by atoms with Crippen LogP contribution in [0.25, 0.3) is 11.4 Å². The molecule has 7 heteroatoms. The van der Waals surface area contributed by atoms with Gasteiger partial charge in [-0.2, -0.15) is 0 Å². The van der Waals surface area contributed by atoms with Gasteiger partial charge in [0.2, 0.25) is 5.91 Å². The van der Waals surface area contributed by atoms with Crippen LogP contribution in [0, 0.1) is 12.8 Å². The monoisotopic (exact) mass is 365 g/mol. The second-order valence-corrected chi connectivity index (χ2v) is 7.41. The second-order valence-electron chi connectivity index (χ2n) is 7.41. The highest BCUT2D eigenvalue weighted by Crippen LogP contribution is 2.29. The number of fused-ring (bicyclic) bond motifs is 4. The molecule has 27 heavy (non-hydrogen) atoms. The molecule has 7 nitrogen and oxygen atoms in total. The molecule has 2 atom stereocenters. The van der Waals surface area contributed by atoms with E-state index >= 15 is 0 Å². The van der Waals surface area contributed by atoms with Crippen molar-refractivity contribution >= 4 is 11.8 Å². The van der Waals surface area contributed by atoms with Crippen LogP contribution in [0.2, 0.25) is 0 Å². The van der Waals surface area contributed by atoms with Crippen LogP contribution in [-0.4, -0.2) is 62.2 Å². The number of hydrogen-bond donors (Lipinski definition) is 0. The molecule has 2 bridgehead atoms. The van der Waals surface area contributed by atoms with Crippen LogP contribution in [0.1, 0.15) is 35.8 Å². The first-order valence-corrected chi connectivity index (χ1v) is 9.33. The largest absolute Gasteiger partial charge is 0.341 e. The van der Waals surface area contributed by atoms with E-state index in [1.54, 1.807) is 25.5 Å². The SMILES string of the molecule is CC(=O)N1C[C@H]2CC[C@@H](C1)N(C(=O)c1cnc(-c3cccnc3)nc1C)C2. The van der Waals surface area contributed by atoms with Crippen molar-refractivity contribution < 1.29 is 9.59 Å². The first kappa shape index (κ1) is 17.6. The Morgan fingerprint density at radius 3 is 2.70 bits per heavy atom. The maximum absolute atomic E-state index is 13.2. The highest BCUT2D eigenvalue weighted by Gasteiger charge is 2.38. The van der Waals surface area contributed by atoms with Crippen molar-refractivity contribution in [3.63, 3.8) is 0 Å². The number of piperidine rings is 1. The summed E-state index contributed by atoms with van der Waals surface area (Å²) < 4.78 is 0. The summed E-state index contributed by atoms with van der Waals surface area (Å²) in [6.45, 7) is 5.49. The quantitative estimate of drug-likeness (QED) is 0.812. The van der Waals surface area contributed by atoms with Gasteiger partial charge >= 0.3 is 0 Å². The fourth-order valence-corrected chi connectivity index (χ4v) is 4.05. The molecule has 0 N–H and O–H groups in total. The fourth-order valence-electron chi connectivity index (χ4n) is 4.05. The molecule has 5 rings (SSSR count). The number of carbonyl (C=O) groups is 2. The molecule has 3 fully saturated rings. The van der Waals surface area contributed by atoms with Crippen molar-refractivity contribution in [2.24, 2.45) is 5.92 Å². The first-order chi connectivity index (χ1) is 13.0. The number of carbonyl (C=O) groups excluding carboxylic acids is 2. The summed E-state index contributed by atoms with van der Waals surface area (Å²) in [4.78, 5) is 41.9. The summed E-state index contributed by atoms with van der Waals surface area (Å²) in [7, 11) is 0. The predicted molar refractivity (Wildman–Crippen MR) is 99.8 cm³/mol. The van der Waals surface area contributed by atoms with E-state index in [0.717, 1.165) is 24.9 Å². The molecule has 0 unspecified atom stereocenters. The Kier molecular flexibility index (Phi) is 4.59. The zero-order valence-electron chi connectivity index (χ0n) is 15.6. The molecule has 0 aromatic carbocycles. The number of nitrogens with zero attached hydrogens (tertiary/aromatic N) is 5. The van der Waals surface area contributed by atoms with Crippen LogP contribution in [0.15, 0.2) is 30.7 Å². The lowest BCUT2D eigenvalue weighted by molar-refractivity contribution is -0.129. The molecule has 0 radical (unpaired) electrons. The normalized spacial score (nSPS) is 21.9. The van der Waals surface area contributed by atoms with E-state index < -0.39 is 0 Å². The van der Waals surface area contributed by atoms with Gasteiger partial charge in [-0.25, -0.2) is 9.97 Å². The summed E-state index contributed by atoms with van der Waals surface area (Å²) >= 11 is 0. The average Bonchev–Trinajstić information content (AvgIpc) is 3.00. The summed E-state index contributed by atoms with van der Waals surface area (Å²) in [5.74, 6) is 0.955. The van der Waals surface area contributed by atoms with Crippen LogP contribution >= 0.6 is 0 Å². The van der Waals surface area contributed by atoms with Gasteiger partial charge in [0, 0.05) is 56.8 Å². The molecule has 3 aliphatic rings. The standard InChI is InChI=1S/C20H23N5O2/c1-13-18(9-22-19(23-13)16-4-3-7-21-8-16)20(27)25-11-15-5-6-17(25)12-24(10-15)14(2)26/h3-4,7-9,15,17H,5-6,10-12H2,1-2H3/t15-,17+/m1/s1. The van der Waals surface area contributed by atoms with Crippen LogP contribution in [-0.2, 0) is 4.79 Å². The molecule has 2 aromatic heterocycles. The maximum atomic E-state index is 13.2. The summed E-state index contributed by atoms with van der Waals surface area (Å²) in [5, 5.41) is 0. The van der Waals surface area contributed by atoms with Crippen molar-refractivity contribution in [3.8, 4) is 11.4 Å². The topological polar surface area (TPSA) is 79.3 Å². The molecule has 2 aromatic rings. The highest BCUT2D eigenvalue weighted by molar-refractivity contribution is 5.95. The fraction of sp³-hybridized carbons (Fsp3) is 0.450. The Hall–Kier alpha value is -2.83. The van der Waals surface area contributed by atoms with Crippen molar-refractivity contribution in [2.75, 3.05) is 19.6 Å². The number of hydrogen-bond acceptors (Lipinski definition) is 5. The minimum Gasteiger partial charge on any atom is -0.341 e. The van der Waals surface area contributed by atoms with E-state index in [2.05, 4.69) is 15.0 Å². The van der Waals surface area contributed by atoms with Gasteiger partial charge in [-0.15, -0.1) is 0 Å². The summed E-state index contributed by atoms with van der Waals surface area (Å²) in [5.41, 5.74) is 2.02. The lowest BCUT2D eigenvalue weighted by Gasteiger charge is -2.36. The third kappa shape index (κ3) is 3.41. The molecule has 0 aliphatic carbocycles. The number of aryl methyl sites for hydroxylation is 1. The third-order valence-corrected chi connectivity index (χ3v) is 5.55. The Labute approximate surface area is 158 Å². The average molecular weight is 365 g/mol. The van der Waals surface area contributed by atoms with Gasteiger partial charge in [0.25, 0.3) is 5.91 Å². The molecule has 5 heterocycles. The Morgan fingerprint density at radius 2 is 2.00 bits per heavy atom. The Bertz CT molecular complexity index is 870. The Balaban J connectivity index is 1.59. The van der Waals surface area contributed by atoms with Crippen molar-refractivity contribution in [1.82, 2.24) is 24.8 Å². The summed E-state index contributed by atoms with van der Waals surface area (Å²) in [6, 6.07) is 3.80. The molecule has 3 aliphatic heterocycles. The van der Waals surface area contributed by atoms with Gasteiger partial charge in [0.05, 0.1) is 11.3 Å². The van der Waals surface area contributed by atoms with E-state index in [-0.39, 0.29) is 17.9 Å². The van der Waals surface area contributed by atoms with Crippen LogP contribution in [0.3, 0.4) is 0 Å². The number of amides is 2. The van der Waals surface area contributed by atoms with Gasteiger partial charge in [0.1, 0.15) is 0 Å². The van der Waals surface area contributed by atoms with Gasteiger partial charge in [-0.3, -0.25) is 14.6 Å². The predicted octanol–water partition coefficient (Wildman–Crippen LogP) is 1.93. The van der Waals surface area contributed by atoms with Crippen LogP contribution < -0.4 is 0 Å². The lowest BCUT2D eigenvalue weighted by atomic mass is 9.94. The van der Waals surface area contributed by atoms with Gasteiger partial charge in [-0.05, 0) is 37.8 Å². The van der Waals surface area contributed by atoms with Crippen LogP contribution in [0.5, 0.6) is 0 Å². The summed E-state index contributed by atoms with van der Waals surface area (Å²) in [6.07, 6.45) is 7.03.